The topological polar surface area (TPSA) is 116 Å². The first kappa shape index (κ1) is 21.7. The van der Waals surface area contributed by atoms with E-state index in [0.29, 0.717) is 5.75 Å². The van der Waals surface area contributed by atoms with Crippen molar-refractivity contribution in [3.05, 3.63) is 42.4 Å². The minimum atomic E-state index is -2.96. The summed E-state index contributed by atoms with van der Waals surface area (Å²) in [5.41, 5.74) is 3.12. The fraction of sp³-hybridized carbons (Fsp3) is 0.471. The van der Waals surface area contributed by atoms with Crippen LogP contribution in [-0.2, 0) is 18.6 Å². The minimum absolute atomic E-state index is 0.215. The number of benzene rings is 1. The summed E-state index contributed by atoms with van der Waals surface area (Å²) in [6.45, 7) is 0.246. The number of alkyl halides is 1. The number of aliphatic hydroxyl groups is 1. The van der Waals surface area contributed by atoms with Crippen LogP contribution in [0.15, 0.2) is 47.4 Å². The highest BCUT2D eigenvalue weighted by molar-refractivity contribution is 7.33. The van der Waals surface area contributed by atoms with Gasteiger partial charge in [0.1, 0.15) is 31.4 Å². The zero-order valence-electron chi connectivity index (χ0n) is 15.5. The van der Waals surface area contributed by atoms with Crippen molar-refractivity contribution < 1.29 is 37.0 Å². The molecule has 2 heterocycles. The van der Waals surface area contributed by atoms with Crippen molar-refractivity contribution in [2.45, 2.75) is 31.0 Å². The van der Waals surface area contributed by atoms with E-state index in [1.807, 2.05) is 0 Å². The van der Waals surface area contributed by atoms with E-state index in [4.69, 9.17) is 24.3 Å². The fourth-order valence-electron chi connectivity index (χ4n) is 2.90. The number of hydrogen-bond donors (Lipinski definition) is 2. The summed E-state index contributed by atoms with van der Waals surface area (Å²) < 4.78 is 62.1. The van der Waals surface area contributed by atoms with E-state index in [9.17, 15) is 14.1 Å². The van der Waals surface area contributed by atoms with Crippen molar-refractivity contribution >= 4 is 14.1 Å². The summed E-state index contributed by atoms with van der Waals surface area (Å²) in [5, 5.41) is 10.3. The molecular weight excluding hydrogens is 411 g/mol. The smallest absolute Gasteiger partial charge is 0.367 e. The molecule has 0 bridgehead atoms. The Bertz CT molecular complexity index is 795. The van der Waals surface area contributed by atoms with Gasteiger partial charge in [0.15, 0.2) is 23.6 Å². The highest BCUT2D eigenvalue weighted by atomic mass is 31.1. The summed E-state index contributed by atoms with van der Waals surface area (Å²) in [7, 11) is -2.96. The van der Waals surface area contributed by atoms with Crippen molar-refractivity contribution in [1.29, 1.82) is 0 Å². The van der Waals surface area contributed by atoms with Gasteiger partial charge in [-0.05, 0) is 19.1 Å². The number of aliphatic hydroxyl groups excluding tert-OH is 1. The molecule has 160 valence electrons. The maximum absolute atomic E-state index is 15.2. The van der Waals surface area contributed by atoms with Crippen LogP contribution in [0, 0.1) is 0 Å². The minimum Gasteiger partial charge on any atom is -0.426 e. The van der Waals surface area contributed by atoms with E-state index in [0.717, 1.165) is 18.0 Å². The molecule has 12 heteroatoms. The second-order valence-electron chi connectivity index (χ2n) is 6.60. The summed E-state index contributed by atoms with van der Waals surface area (Å²) in [6.07, 6.45) is -3.30. The Balaban J connectivity index is 1.64. The molecule has 9 nitrogen and oxygen atoms in total. The van der Waals surface area contributed by atoms with Crippen molar-refractivity contribution in [3.63, 3.8) is 0 Å². The zero-order valence-corrected chi connectivity index (χ0v) is 16.5. The predicted molar refractivity (Wildman–Crippen MR) is 99.7 cm³/mol. The molecule has 3 rings (SSSR count). The lowest BCUT2D eigenvalue weighted by atomic mass is 9.98. The van der Waals surface area contributed by atoms with Crippen LogP contribution in [0.5, 0.6) is 5.75 Å². The molecule has 2 aliphatic rings. The number of nitrogens with zero attached hydrogens (tertiary/aromatic N) is 2. The molecule has 1 saturated heterocycles. The van der Waals surface area contributed by atoms with Crippen LogP contribution in [0.25, 0.3) is 0 Å². The fourth-order valence-corrected chi connectivity index (χ4v) is 3.59. The Hall–Kier alpha value is -2.04. The van der Waals surface area contributed by atoms with Crippen LogP contribution in [0.3, 0.4) is 0 Å². The molecule has 0 aliphatic carbocycles. The van der Waals surface area contributed by atoms with Crippen LogP contribution < -0.4 is 10.3 Å². The number of hydrogen-bond acceptors (Lipinski definition) is 9. The van der Waals surface area contributed by atoms with E-state index in [1.54, 1.807) is 30.3 Å². The summed E-state index contributed by atoms with van der Waals surface area (Å²) in [4.78, 5) is 4.72. The third-order valence-corrected chi connectivity index (χ3v) is 5.22. The molecule has 3 N–H and O–H groups in total. The first-order valence-corrected chi connectivity index (χ1v) is 9.94. The summed E-state index contributed by atoms with van der Waals surface area (Å²) in [6, 6.07) is 8.35. The molecule has 1 fully saturated rings. The highest BCUT2D eigenvalue weighted by Gasteiger charge is 2.56. The first-order valence-electron chi connectivity index (χ1n) is 8.72. The van der Waals surface area contributed by atoms with Gasteiger partial charge < -0.3 is 29.7 Å². The second kappa shape index (κ2) is 9.19. The Labute approximate surface area is 166 Å². The number of rotatable bonds is 6. The molecule has 2 aliphatic heterocycles. The summed E-state index contributed by atoms with van der Waals surface area (Å²) >= 11 is 0. The van der Waals surface area contributed by atoms with E-state index in [1.165, 1.54) is 0 Å². The molecule has 5 atom stereocenters. The van der Waals surface area contributed by atoms with Crippen LogP contribution in [0.2, 0.25) is 0 Å². The lowest BCUT2D eigenvalue weighted by molar-refractivity contribution is -0.119. The Morgan fingerprint density at radius 2 is 2.17 bits per heavy atom. The van der Waals surface area contributed by atoms with E-state index in [2.05, 4.69) is 4.99 Å². The van der Waals surface area contributed by atoms with Crippen molar-refractivity contribution in [1.82, 2.24) is 4.90 Å². The normalized spacial score (nSPS) is 35.0. The van der Waals surface area contributed by atoms with E-state index >= 15 is 4.39 Å². The monoisotopic (exact) mass is 433 g/mol. The molecule has 1 aromatic carbocycles. The van der Waals surface area contributed by atoms with E-state index < -0.39 is 50.6 Å². The van der Waals surface area contributed by atoms with Crippen molar-refractivity contribution in [2.24, 2.45) is 10.7 Å². The van der Waals surface area contributed by atoms with Gasteiger partial charge in [-0.15, -0.1) is 0 Å². The van der Waals surface area contributed by atoms with E-state index in [-0.39, 0.29) is 13.5 Å². The van der Waals surface area contributed by atoms with Crippen molar-refractivity contribution in [2.75, 3.05) is 20.1 Å². The summed E-state index contributed by atoms with van der Waals surface area (Å²) in [5.74, 6) is -0.941. The third kappa shape index (κ3) is 5.12. The maximum atomic E-state index is 15.2. The van der Waals surface area contributed by atoms with Crippen molar-refractivity contribution in [3.8, 4) is 5.75 Å². The van der Waals surface area contributed by atoms with Gasteiger partial charge in [-0.25, -0.2) is 18.3 Å². The molecule has 0 spiro atoms. The quantitative estimate of drug-likeness (QED) is 0.652. The molecule has 29 heavy (non-hydrogen) atoms. The van der Waals surface area contributed by atoms with Gasteiger partial charge >= 0.3 is 8.25 Å². The maximum Gasteiger partial charge on any atom is 0.367 e. The lowest BCUT2D eigenvalue weighted by Crippen LogP contribution is -2.49. The molecular formula is C17H22F2N3O6P. The van der Waals surface area contributed by atoms with Crippen LogP contribution >= 0.6 is 8.25 Å². The average Bonchev–Trinajstić information content (AvgIpc) is 2.91. The molecule has 0 saturated carbocycles. The number of halogens is 2. The molecule has 0 radical (unpaired) electrons. The largest absolute Gasteiger partial charge is 0.426 e. The average molecular weight is 433 g/mol. The molecule has 0 amide bonds. The SMILES string of the molecule is CC1(F)[C@@H](O)[C@@H](CO[PH](=O)Oc2ccccc2)O[C@H]1N1/C=C(F)\C(N)=N/COC1. The standard InChI is InChI=1S/C17H22F2N3O6P/c1-17(19)14(23)13(8-26-29(24)28-11-5-3-2-4-6-11)27-16(17)22-7-12(18)15(20)21-9-25-10-22/h2-7,13-14,16,23,29H,8-10H2,1H3,(H2,20,21)/b12-7+/t13-,14+,16-,17?/m1/s1. The number of para-hydroxylation sites is 1. The van der Waals surface area contributed by atoms with Crippen LogP contribution in [-0.4, -0.2) is 60.0 Å². The van der Waals surface area contributed by atoms with Gasteiger partial charge in [-0.3, -0.25) is 4.52 Å². The van der Waals surface area contributed by atoms with Crippen LogP contribution in [0.1, 0.15) is 6.92 Å². The molecule has 0 aromatic heterocycles. The highest BCUT2D eigenvalue weighted by Crippen LogP contribution is 2.38. The van der Waals surface area contributed by atoms with Gasteiger partial charge in [0.25, 0.3) is 0 Å². The molecule has 1 aromatic rings. The van der Waals surface area contributed by atoms with Gasteiger partial charge in [0.2, 0.25) is 0 Å². The van der Waals surface area contributed by atoms with Gasteiger partial charge in [-0.1, -0.05) is 18.2 Å². The number of nitrogens with two attached hydrogens (primary N) is 1. The van der Waals surface area contributed by atoms with Crippen LogP contribution in [0.4, 0.5) is 8.78 Å². The number of aliphatic imine (C=N–C) groups is 1. The number of ether oxygens (including phenoxy) is 2. The van der Waals surface area contributed by atoms with Gasteiger partial charge in [0.05, 0.1) is 6.61 Å². The Kier molecular flexibility index (Phi) is 6.86. The van der Waals surface area contributed by atoms with Gasteiger partial charge in [0, 0.05) is 6.20 Å². The second-order valence-corrected chi connectivity index (χ2v) is 7.59. The van der Waals surface area contributed by atoms with Gasteiger partial charge in [-0.2, -0.15) is 0 Å². The zero-order chi connectivity index (χ0) is 21.0. The lowest BCUT2D eigenvalue weighted by Gasteiger charge is -2.33. The Morgan fingerprint density at radius 1 is 1.45 bits per heavy atom. The third-order valence-electron chi connectivity index (χ3n) is 4.42. The Morgan fingerprint density at radius 3 is 2.90 bits per heavy atom. The first-order chi connectivity index (χ1) is 13.8. The predicted octanol–water partition coefficient (Wildman–Crippen LogP) is 1.70. The number of amidine groups is 1. The molecule has 2 unspecified atom stereocenters.